The number of rotatable bonds is 45. The first-order valence-electron chi connectivity index (χ1n) is 29.2. The first kappa shape index (κ1) is 71.1. The summed E-state index contributed by atoms with van der Waals surface area (Å²) in [5.74, 6) is -8.52. The van der Waals surface area contributed by atoms with Crippen molar-refractivity contribution in [3.63, 3.8) is 0 Å². The van der Waals surface area contributed by atoms with Crippen LogP contribution in [0, 0.1) is 29.2 Å². The van der Waals surface area contributed by atoms with Crippen LogP contribution in [0.5, 0.6) is 5.75 Å². The molecule has 0 saturated carbocycles. The van der Waals surface area contributed by atoms with E-state index in [1.807, 2.05) is 42.2 Å². The van der Waals surface area contributed by atoms with E-state index in [0.29, 0.717) is 175 Å². The molecule has 3 aromatic carbocycles. The highest BCUT2D eigenvalue weighted by molar-refractivity contribution is 7.89. The number of nitrogens with one attached hydrogen (secondary N) is 2. The molecule has 2 heterocycles. The Balaban J connectivity index is 0.780. The van der Waals surface area contributed by atoms with Crippen LogP contribution in [0.15, 0.2) is 69.0 Å². The van der Waals surface area contributed by atoms with Gasteiger partial charge in [-0.3, -0.25) is 14.6 Å². The van der Waals surface area contributed by atoms with Gasteiger partial charge in [0.15, 0.2) is 17.6 Å². The molecule has 4 N–H and O–H groups in total. The molecule has 1 saturated heterocycles. The number of hydrogen-bond acceptors (Lipinski definition) is 18. The van der Waals surface area contributed by atoms with Gasteiger partial charge in [-0.1, -0.05) is 38.1 Å². The van der Waals surface area contributed by atoms with E-state index >= 15 is 0 Å². The molecule has 5 rings (SSSR count). The maximum absolute atomic E-state index is 13.8. The van der Waals surface area contributed by atoms with Gasteiger partial charge >= 0.3 is 5.97 Å². The van der Waals surface area contributed by atoms with Crippen molar-refractivity contribution in [1.29, 1.82) is 0 Å². The highest BCUT2D eigenvalue weighted by atomic mass is 32.2. The van der Waals surface area contributed by atoms with Crippen LogP contribution in [0.2, 0.25) is 0 Å². The SMILES string of the molecule is CCCN(CCC)C(=O)C1=Cc2ccc(-c3cccc(S(=O)(=O)N4CC(CN=C(NCC)NCCOCCOCCOCCOCCOCCOCCOCCOCCOCCOCCC(=O)Oc5c(F)c(F)cc(F)c5F)C4)c3)cc2N=C(N)C1. The molecule has 0 aromatic heterocycles. The number of ether oxygens (including phenoxy) is 11. The van der Waals surface area contributed by atoms with Gasteiger partial charge in [0, 0.05) is 75.4 Å². The number of carbonyl (C=O) groups excluding carboxylic acids is 2. The molecular weight excluding hydrogens is 1150 g/mol. The van der Waals surface area contributed by atoms with E-state index in [-0.39, 0.29) is 55.6 Å². The van der Waals surface area contributed by atoms with Crippen molar-refractivity contribution in [2.45, 2.75) is 51.3 Å². The molecule has 2 aliphatic heterocycles. The van der Waals surface area contributed by atoms with Gasteiger partial charge in [0.25, 0.3) is 0 Å². The number of nitrogens with zero attached hydrogens (tertiary/aromatic N) is 4. The van der Waals surface area contributed by atoms with Crippen LogP contribution >= 0.6 is 0 Å². The average Bonchev–Trinajstić information content (AvgIpc) is 1.41. The normalized spacial score (nSPS) is 13.9. The third-order valence-corrected chi connectivity index (χ3v) is 14.6. The Labute approximate surface area is 502 Å². The summed E-state index contributed by atoms with van der Waals surface area (Å²) in [6, 6.07) is 12.6. The molecule has 27 heteroatoms. The molecular formula is C59H85F4N7O15S. The summed E-state index contributed by atoms with van der Waals surface area (Å²) < 4.78 is 142. The zero-order chi connectivity index (χ0) is 61.8. The summed E-state index contributed by atoms with van der Waals surface area (Å²) in [7, 11) is -3.75. The van der Waals surface area contributed by atoms with Crippen molar-refractivity contribution in [3.8, 4) is 16.9 Å². The van der Waals surface area contributed by atoms with E-state index < -0.39 is 51.4 Å². The molecule has 1 amide bonds. The van der Waals surface area contributed by atoms with E-state index in [2.05, 4.69) is 34.2 Å². The van der Waals surface area contributed by atoms with E-state index in [9.17, 15) is 35.6 Å². The largest absolute Gasteiger partial charge is 0.420 e. The number of guanidine groups is 1. The first-order chi connectivity index (χ1) is 41.7. The quantitative estimate of drug-likeness (QED) is 0.0117. The van der Waals surface area contributed by atoms with Crippen LogP contribution in [0.4, 0.5) is 23.2 Å². The average molecular weight is 1240 g/mol. The van der Waals surface area contributed by atoms with Crippen LogP contribution in [0.25, 0.3) is 17.2 Å². The Kier molecular flexibility index (Phi) is 33.6. The fourth-order valence-corrected chi connectivity index (χ4v) is 10.1. The van der Waals surface area contributed by atoms with Crippen LogP contribution in [-0.4, -0.2) is 219 Å². The van der Waals surface area contributed by atoms with E-state index in [0.717, 1.165) is 29.5 Å². The summed E-state index contributed by atoms with van der Waals surface area (Å²) >= 11 is 0. The van der Waals surface area contributed by atoms with Gasteiger partial charge in [-0.25, -0.2) is 22.2 Å². The molecule has 0 atom stereocenters. The molecule has 0 bridgehead atoms. The molecule has 0 spiro atoms. The number of sulfonamides is 1. The van der Waals surface area contributed by atoms with E-state index in [1.165, 1.54) is 4.31 Å². The highest BCUT2D eigenvalue weighted by Gasteiger charge is 2.37. The molecule has 480 valence electrons. The second kappa shape index (κ2) is 40.7. The fraction of sp³-hybridized carbons (Fsp3) is 0.593. The van der Waals surface area contributed by atoms with Gasteiger partial charge in [-0.05, 0) is 55.2 Å². The zero-order valence-electron chi connectivity index (χ0n) is 49.6. The summed E-state index contributed by atoms with van der Waals surface area (Å²) in [4.78, 5) is 36.6. The molecule has 0 aliphatic carbocycles. The Morgan fingerprint density at radius 1 is 0.651 bits per heavy atom. The minimum atomic E-state index is -3.75. The monoisotopic (exact) mass is 1240 g/mol. The number of hydrogen-bond donors (Lipinski definition) is 3. The highest BCUT2D eigenvalue weighted by Crippen LogP contribution is 2.34. The number of carbonyl (C=O) groups is 2. The van der Waals surface area contributed by atoms with Crippen molar-refractivity contribution >= 4 is 45.5 Å². The predicted molar refractivity (Wildman–Crippen MR) is 314 cm³/mol. The minimum absolute atomic E-state index is 0.0149. The number of fused-ring (bicyclic) bond motifs is 1. The first-order valence-corrected chi connectivity index (χ1v) is 30.6. The fourth-order valence-electron chi connectivity index (χ4n) is 8.43. The Bertz CT molecular complexity index is 2690. The van der Waals surface area contributed by atoms with Gasteiger partial charge in [0.05, 0.1) is 149 Å². The summed E-state index contributed by atoms with van der Waals surface area (Å²) in [6.45, 7) is 16.7. The zero-order valence-corrected chi connectivity index (χ0v) is 50.4. The number of halogens is 4. The van der Waals surface area contributed by atoms with Crippen LogP contribution in [-0.2, 0) is 67.0 Å². The Hall–Kier alpha value is -5.69. The molecule has 22 nitrogen and oxygen atoms in total. The van der Waals surface area contributed by atoms with Gasteiger partial charge in [0.2, 0.25) is 33.3 Å². The summed E-state index contributed by atoms with van der Waals surface area (Å²) in [5, 5.41) is 6.49. The van der Waals surface area contributed by atoms with Crippen LogP contribution in [0.1, 0.15) is 52.0 Å². The molecule has 2 aliphatic rings. The molecule has 3 aromatic rings. The third-order valence-electron chi connectivity index (χ3n) is 12.8. The number of aliphatic imine (C=N–C) groups is 2. The van der Waals surface area contributed by atoms with Gasteiger partial charge in [-0.2, -0.15) is 13.1 Å². The molecule has 86 heavy (non-hydrogen) atoms. The van der Waals surface area contributed by atoms with Crippen molar-refractivity contribution in [2.24, 2.45) is 21.6 Å². The molecule has 0 unspecified atom stereocenters. The standard InChI is InChI=1S/C59H85F4N7O15S/c1-4-14-69(15-5-2)58(72)48-36-47-11-10-46(38-52(47)68-53(64)39-48)45-8-7-9-49(37-45)86(73,74)70-42-44(43-70)41-67-59(65-6-3)66-13-17-76-19-21-78-23-25-80-27-29-82-31-33-84-35-34-83-32-30-81-28-26-79-24-22-77-20-18-75-16-12-54(71)85-57-55(62)50(60)40-51(61)56(57)63/h7-11,36-38,40,44H,4-6,12-35,39,41-43H2,1-3H3,(H2,64,68)(H2,65,66,67). The van der Waals surface area contributed by atoms with Gasteiger partial charge < -0.3 is 73.4 Å². The van der Waals surface area contributed by atoms with Crippen molar-refractivity contribution < 1.29 is 87.7 Å². The predicted octanol–water partition coefficient (Wildman–Crippen LogP) is 5.67. The number of benzene rings is 3. The Morgan fingerprint density at radius 2 is 1.14 bits per heavy atom. The van der Waals surface area contributed by atoms with Crippen molar-refractivity contribution in [3.05, 3.63) is 82.9 Å². The molecule has 1 fully saturated rings. The smallest absolute Gasteiger partial charge is 0.313 e. The van der Waals surface area contributed by atoms with Crippen molar-refractivity contribution in [2.75, 3.05) is 178 Å². The maximum atomic E-state index is 13.8. The second-order valence-corrected chi connectivity index (χ2v) is 21.5. The number of nitrogens with two attached hydrogens (primary N) is 1. The third kappa shape index (κ3) is 25.6. The number of amides is 1. The van der Waals surface area contributed by atoms with Crippen molar-refractivity contribution in [1.82, 2.24) is 19.8 Å². The lowest BCUT2D eigenvalue weighted by Gasteiger charge is -2.37. The summed E-state index contributed by atoms with van der Waals surface area (Å²) in [5.41, 5.74) is 9.84. The van der Waals surface area contributed by atoms with Gasteiger partial charge in [-0.15, -0.1) is 0 Å². The number of esters is 1. The van der Waals surface area contributed by atoms with Crippen LogP contribution in [0.3, 0.4) is 0 Å². The van der Waals surface area contributed by atoms with Gasteiger partial charge in [0.1, 0.15) is 5.84 Å². The Morgan fingerprint density at radius 3 is 1.64 bits per heavy atom. The topological polar surface area (TPSA) is 251 Å². The molecule has 0 radical (unpaired) electrons. The minimum Gasteiger partial charge on any atom is -0.420 e. The second-order valence-electron chi connectivity index (χ2n) is 19.5. The van der Waals surface area contributed by atoms with Crippen LogP contribution < -0.4 is 21.1 Å². The van der Waals surface area contributed by atoms with E-state index in [1.54, 1.807) is 18.2 Å². The lowest BCUT2D eigenvalue weighted by molar-refractivity contribution is -0.136. The van der Waals surface area contributed by atoms with E-state index in [4.69, 9.17) is 58.1 Å². The summed E-state index contributed by atoms with van der Waals surface area (Å²) in [6.07, 6.45) is 3.44. The lowest BCUT2D eigenvalue weighted by atomic mass is 10.0. The lowest BCUT2D eigenvalue weighted by Crippen LogP contribution is -2.51. The number of amidine groups is 1. The maximum Gasteiger partial charge on any atom is 0.313 e.